The van der Waals surface area contributed by atoms with Crippen molar-refractivity contribution < 1.29 is 33.3 Å². The van der Waals surface area contributed by atoms with E-state index in [1.807, 2.05) is 19.1 Å². The van der Waals surface area contributed by atoms with Crippen molar-refractivity contribution in [1.82, 2.24) is 0 Å². The minimum absolute atomic E-state index is 0.323. The summed E-state index contributed by atoms with van der Waals surface area (Å²) in [6, 6.07) is 8.75. The monoisotopic (exact) mass is 416 g/mol. The summed E-state index contributed by atoms with van der Waals surface area (Å²) in [5, 5.41) is 0. The maximum absolute atomic E-state index is 12.7. The first-order chi connectivity index (χ1) is 14.5. The van der Waals surface area contributed by atoms with Gasteiger partial charge in [-0.3, -0.25) is 0 Å². The van der Waals surface area contributed by atoms with Crippen LogP contribution in [0, 0.1) is 0 Å². The highest BCUT2D eigenvalue weighted by Crippen LogP contribution is 2.42. The Morgan fingerprint density at radius 3 is 2.03 bits per heavy atom. The van der Waals surface area contributed by atoms with Crippen molar-refractivity contribution in [3.05, 3.63) is 52.6 Å². The largest absolute Gasteiger partial charge is 0.493 e. The lowest BCUT2D eigenvalue weighted by molar-refractivity contribution is 0.0502. The quantitative estimate of drug-likeness (QED) is 0.544. The van der Waals surface area contributed by atoms with Crippen LogP contribution in [0.5, 0.6) is 17.2 Å². The van der Waals surface area contributed by atoms with Gasteiger partial charge in [0, 0.05) is 5.56 Å². The van der Waals surface area contributed by atoms with Gasteiger partial charge in [0.1, 0.15) is 0 Å². The highest BCUT2D eigenvalue weighted by Gasteiger charge is 2.25. The van der Waals surface area contributed by atoms with Crippen molar-refractivity contribution in [2.24, 2.45) is 0 Å². The Hall–Kier alpha value is -3.22. The molecule has 2 aromatic carbocycles. The third kappa shape index (κ3) is 5.23. The van der Waals surface area contributed by atoms with Crippen LogP contribution in [0.2, 0.25) is 0 Å². The molecule has 0 aliphatic rings. The Morgan fingerprint density at radius 1 is 0.833 bits per heavy atom. The standard InChI is InChI=1S/C23H28O7/c1-6-13-30-23(25)18-14-19(26-2)21(28-4)20(27-3)17(18)12-9-15-7-10-16(11-8-15)22(24)29-5/h7-8,10-11,14H,6,9,12-13H2,1-5H3. The number of hydrogen-bond donors (Lipinski definition) is 0. The molecule has 0 aliphatic heterocycles. The molecule has 162 valence electrons. The van der Waals surface area contributed by atoms with E-state index in [0.29, 0.717) is 53.4 Å². The molecule has 0 aliphatic carbocycles. The molecular formula is C23H28O7. The van der Waals surface area contributed by atoms with Crippen molar-refractivity contribution in [3.63, 3.8) is 0 Å². The van der Waals surface area contributed by atoms with Gasteiger partial charge >= 0.3 is 11.9 Å². The summed E-state index contributed by atoms with van der Waals surface area (Å²) in [4.78, 5) is 24.3. The number of methoxy groups -OCH3 is 4. The third-order valence-corrected chi connectivity index (χ3v) is 4.63. The molecule has 0 amide bonds. The number of rotatable bonds is 10. The summed E-state index contributed by atoms with van der Waals surface area (Å²) in [6.45, 7) is 2.26. The second kappa shape index (κ2) is 11.1. The van der Waals surface area contributed by atoms with Crippen LogP contribution in [0.15, 0.2) is 30.3 Å². The van der Waals surface area contributed by atoms with Crippen LogP contribution in [0.1, 0.15) is 45.2 Å². The molecule has 0 radical (unpaired) electrons. The van der Waals surface area contributed by atoms with Crippen LogP contribution in [-0.4, -0.2) is 47.0 Å². The molecule has 0 unspecified atom stereocenters. The Morgan fingerprint density at radius 2 is 1.50 bits per heavy atom. The Bertz CT molecular complexity index is 872. The molecule has 0 spiro atoms. The summed E-state index contributed by atoms with van der Waals surface area (Å²) in [7, 11) is 5.89. The molecule has 0 saturated carbocycles. The zero-order chi connectivity index (χ0) is 22.1. The molecule has 30 heavy (non-hydrogen) atoms. The lowest BCUT2D eigenvalue weighted by atomic mass is 9.97. The first-order valence-corrected chi connectivity index (χ1v) is 9.66. The maximum atomic E-state index is 12.7. The van der Waals surface area contributed by atoms with Gasteiger partial charge in [0.05, 0.1) is 46.2 Å². The fourth-order valence-corrected chi connectivity index (χ4v) is 3.11. The lowest BCUT2D eigenvalue weighted by Crippen LogP contribution is -2.12. The van der Waals surface area contributed by atoms with Crippen molar-refractivity contribution in [3.8, 4) is 17.2 Å². The summed E-state index contributed by atoms with van der Waals surface area (Å²) in [5.74, 6) is 0.426. The first kappa shape index (κ1) is 23.1. The molecule has 2 rings (SSSR count). The third-order valence-electron chi connectivity index (χ3n) is 4.63. The van der Waals surface area contributed by atoms with Crippen molar-refractivity contribution >= 4 is 11.9 Å². The van der Waals surface area contributed by atoms with E-state index < -0.39 is 5.97 Å². The van der Waals surface area contributed by atoms with Gasteiger partial charge in [0.2, 0.25) is 5.75 Å². The number of esters is 2. The zero-order valence-electron chi connectivity index (χ0n) is 18.1. The summed E-state index contributed by atoms with van der Waals surface area (Å²) < 4.78 is 26.5. The number of benzene rings is 2. The van der Waals surface area contributed by atoms with Gasteiger partial charge in [0.25, 0.3) is 0 Å². The smallest absolute Gasteiger partial charge is 0.338 e. The van der Waals surface area contributed by atoms with E-state index in [2.05, 4.69) is 0 Å². The van der Waals surface area contributed by atoms with Crippen molar-refractivity contribution in [2.75, 3.05) is 35.0 Å². The van der Waals surface area contributed by atoms with Crippen LogP contribution in [0.3, 0.4) is 0 Å². The second-order valence-corrected chi connectivity index (χ2v) is 6.50. The fourth-order valence-electron chi connectivity index (χ4n) is 3.11. The number of aryl methyl sites for hydroxylation is 1. The first-order valence-electron chi connectivity index (χ1n) is 9.66. The van der Waals surface area contributed by atoms with E-state index in [-0.39, 0.29) is 5.97 Å². The van der Waals surface area contributed by atoms with E-state index >= 15 is 0 Å². The van der Waals surface area contributed by atoms with Gasteiger partial charge in [-0.25, -0.2) is 9.59 Å². The summed E-state index contributed by atoms with van der Waals surface area (Å²) in [6.07, 6.45) is 1.83. The highest BCUT2D eigenvalue weighted by molar-refractivity contribution is 5.93. The SMILES string of the molecule is CCCOC(=O)c1cc(OC)c(OC)c(OC)c1CCc1ccc(C(=O)OC)cc1. The van der Waals surface area contributed by atoms with Crippen molar-refractivity contribution in [2.45, 2.75) is 26.2 Å². The Labute approximate surface area is 176 Å². The highest BCUT2D eigenvalue weighted by atomic mass is 16.5. The molecule has 7 nitrogen and oxygen atoms in total. The van der Waals surface area contributed by atoms with E-state index in [9.17, 15) is 9.59 Å². The second-order valence-electron chi connectivity index (χ2n) is 6.50. The number of carbonyl (C=O) groups excluding carboxylic acids is 2. The van der Waals surface area contributed by atoms with Crippen molar-refractivity contribution in [1.29, 1.82) is 0 Å². The average molecular weight is 416 g/mol. The predicted octanol–water partition coefficient (Wildman–Crippen LogP) is 3.85. The van der Waals surface area contributed by atoms with E-state index in [4.69, 9.17) is 23.7 Å². The molecule has 0 atom stereocenters. The molecule has 7 heteroatoms. The van der Waals surface area contributed by atoms with Crippen LogP contribution >= 0.6 is 0 Å². The van der Waals surface area contributed by atoms with Crippen LogP contribution in [-0.2, 0) is 22.3 Å². The lowest BCUT2D eigenvalue weighted by Gasteiger charge is -2.19. The van der Waals surface area contributed by atoms with Gasteiger partial charge < -0.3 is 23.7 Å². The van der Waals surface area contributed by atoms with Crippen LogP contribution in [0.4, 0.5) is 0 Å². The average Bonchev–Trinajstić information content (AvgIpc) is 2.79. The Kier molecular flexibility index (Phi) is 8.53. The van der Waals surface area contributed by atoms with Crippen LogP contribution < -0.4 is 14.2 Å². The van der Waals surface area contributed by atoms with E-state index in [0.717, 1.165) is 12.0 Å². The van der Waals surface area contributed by atoms with Gasteiger partial charge in [-0.2, -0.15) is 0 Å². The molecule has 0 heterocycles. The van der Waals surface area contributed by atoms with Gasteiger partial charge in [0.15, 0.2) is 11.5 Å². The minimum atomic E-state index is -0.438. The predicted molar refractivity (Wildman–Crippen MR) is 112 cm³/mol. The number of carbonyl (C=O) groups is 2. The molecule has 0 N–H and O–H groups in total. The minimum Gasteiger partial charge on any atom is -0.493 e. The van der Waals surface area contributed by atoms with Gasteiger partial charge in [-0.15, -0.1) is 0 Å². The number of hydrogen-bond acceptors (Lipinski definition) is 7. The molecule has 0 bridgehead atoms. The van der Waals surface area contributed by atoms with E-state index in [1.54, 1.807) is 18.2 Å². The summed E-state index contributed by atoms with van der Waals surface area (Å²) >= 11 is 0. The number of ether oxygens (including phenoxy) is 5. The maximum Gasteiger partial charge on any atom is 0.338 e. The normalized spacial score (nSPS) is 10.3. The molecule has 0 fully saturated rings. The molecular weight excluding hydrogens is 388 g/mol. The molecule has 0 aromatic heterocycles. The Balaban J connectivity index is 2.40. The van der Waals surface area contributed by atoms with Gasteiger partial charge in [-0.05, 0) is 43.0 Å². The van der Waals surface area contributed by atoms with E-state index in [1.165, 1.54) is 28.4 Å². The van der Waals surface area contributed by atoms with Gasteiger partial charge in [-0.1, -0.05) is 19.1 Å². The summed E-state index contributed by atoms with van der Waals surface area (Å²) in [5.41, 5.74) is 2.53. The molecule has 2 aromatic rings. The zero-order valence-corrected chi connectivity index (χ0v) is 18.1. The van der Waals surface area contributed by atoms with Crippen LogP contribution in [0.25, 0.3) is 0 Å². The topological polar surface area (TPSA) is 80.3 Å². The fraction of sp³-hybridized carbons (Fsp3) is 0.391. The molecule has 0 saturated heterocycles.